The summed E-state index contributed by atoms with van der Waals surface area (Å²) in [4.78, 5) is 24.6. The number of primary amides is 1. The SMILES string of the molecule is CCOC(=O)N1CCC(Nc2snc(N)c2C(N)=O)CC1. The van der Waals surface area contributed by atoms with Crippen LogP contribution in [0.5, 0.6) is 0 Å². The number of carbonyl (C=O) groups excluding carboxylic acids is 2. The molecule has 2 amide bonds. The highest BCUT2D eigenvalue weighted by Gasteiger charge is 2.25. The van der Waals surface area contributed by atoms with E-state index in [1.807, 2.05) is 0 Å². The summed E-state index contributed by atoms with van der Waals surface area (Å²) >= 11 is 1.12. The monoisotopic (exact) mass is 313 g/mol. The van der Waals surface area contributed by atoms with Crippen molar-refractivity contribution in [3.63, 3.8) is 0 Å². The van der Waals surface area contributed by atoms with Crippen LogP contribution in [0.25, 0.3) is 0 Å². The maximum Gasteiger partial charge on any atom is 0.409 e. The first-order valence-electron chi connectivity index (χ1n) is 6.76. The first kappa shape index (κ1) is 15.4. The number of ether oxygens (including phenoxy) is 1. The van der Waals surface area contributed by atoms with E-state index in [-0.39, 0.29) is 23.5 Å². The highest BCUT2D eigenvalue weighted by Crippen LogP contribution is 2.28. The van der Waals surface area contributed by atoms with Gasteiger partial charge in [-0.1, -0.05) is 0 Å². The lowest BCUT2D eigenvalue weighted by atomic mass is 10.1. The number of nitrogens with two attached hydrogens (primary N) is 2. The standard InChI is InChI=1S/C12H19N5O3S/c1-2-20-12(19)17-5-3-7(4-6-17)15-11-8(10(14)18)9(13)16-21-11/h7,15H,2-6H2,1H3,(H2,13,16)(H2,14,18). The van der Waals surface area contributed by atoms with Crippen molar-refractivity contribution in [2.45, 2.75) is 25.8 Å². The lowest BCUT2D eigenvalue weighted by Gasteiger charge is -2.31. The van der Waals surface area contributed by atoms with Crippen LogP contribution in [0.3, 0.4) is 0 Å². The molecular formula is C12H19N5O3S. The normalized spacial score (nSPS) is 15.8. The van der Waals surface area contributed by atoms with Crippen LogP contribution < -0.4 is 16.8 Å². The van der Waals surface area contributed by atoms with Crippen LogP contribution in [0.4, 0.5) is 15.6 Å². The third-order valence-electron chi connectivity index (χ3n) is 3.32. The number of hydrogen-bond donors (Lipinski definition) is 3. The van der Waals surface area contributed by atoms with E-state index < -0.39 is 5.91 Å². The van der Waals surface area contributed by atoms with E-state index in [2.05, 4.69) is 9.69 Å². The number of rotatable bonds is 4. The molecule has 1 fully saturated rings. The Bertz CT molecular complexity index is 525. The predicted molar refractivity (Wildman–Crippen MR) is 80.3 cm³/mol. The zero-order chi connectivity index (χ0) is 15.4. The summed E-state index contributed by atoms with van der Waals surface area (Å²) < 4.78 is 8.91. The van der Waals surface area contributed by atoms with Crippen molar-refractivity contribution in [2.24, 2.45) is 5.73 Å². The second-order valence-electron chi connectivity index (χ2n) is 4.74. The molecule has 5 N–H and O–H groups in total. The summed E-state index contributed by atoms with van der Waals surface area (Å²) in [5, 5.41) is 3.83. The van der Waals surface area contributed by atoms with Crippen molar-refractivity contribution in [1.29, 1.82) is 0 Å². The molecular weight excluding hydrogens is 294 g/mol. The van der Waals surface area contributed by atoms with E-state index in [0.717, 1.165) is 24.4 Å². The van der Waals surface area contributed by atoms with E-state index in [4.69, 9.17) is 16.2 Å². The van der Waals surface area contributed by atoms with Crippen molar-refractivity contribution in [3.8, 4) is 0 Å². The minimum atomic E-state index is -0.590. The van der Waals surface area contributed by atoms with Gasteiger partial charge in [-0.25, -0.2) is 4.79 Å². The van der Waals surface area contributed by atoms with Crippen LogP contribution >= 0.6 is 11.5 Å². The smallest absolute Gasteiger partial charge is 0.409 e. The average molecular weight is 313 g/mol. The molecule has 0 spiro atoms. The van der Waals surface area contributed by atoms with E-state index in [9.17, 15) is 9.59 Å². The number of piperidine rings is 1. The van der Waals surface area contributed by atoms with Crippen molar-refractivity contribution in [2.75, 3.05) is 30.7 Å². The quantitative estimate of drug-likeness (QED) is 0.757. The molecule has 2 heterocycles. The Morgan fingerprint density at radius 3 is 2.71 bits per heavy atom. The van der Waals surface area contributed by atoms with Crippen LogP contribution in [-0.2, 0) is 4.74 Å². The van der Waals surface area contributed by atoms with Crippen molar-refractivity contribution >= 4 is 34.4 Å². The number of hydrogen-bond acceptors (Lipinski definition) is 7. The van der Waals surface area contributed by atoms with Crippen molar-refractivity contribution in [1.82, 2.24) is 9.27 Å². The van der Waals surface area contributed by atoms with Gasteiger partial charge in [0, 0.05) is 19.1 Å². The number of nitrogens with one attached hydrogen (secondary N) is 1. The fourth-order valence-corrected chi connectivity index (χ4v) is 3.04. The van der Waals surface area contributed by atoms with Gasteiger partial charge < -0.3 is 26.4 Å². The number of amides is 2. The Labute approximate surface area is 126 Å². The molecule has 0 saturated carbocycles. The van der Waals surface area contributed by atoms with Gasteiger partial charge in [0.15, 0.2) is 5.82 Å². The Kier molecular flexibility index (Phi) is 4.84. The molecule has 1 aliphatic heterocycles. The lowest BCUT2D eigenvalue weighted by Crippen LogP contribution is -2.42. The second kappa shape index (κ2) is 6.61. The maximum atomic E-state index is 11.6. The number of carbonyl (C=O) groups is 2. The Morgan fingerprint density at radius 1 is 1.48 bits per heavy atom. The minimum absolute atomic E-state index is 0.147. The summed E-state index contributed by atoms with van der Waals surface area (Å²) in [5.41, 5.74) is 11.2. The topological polar surface area (TPSA) is 124 Å². The Morgan fingerprint density at radius 2 is 2.14 bits per heavy atom. The molecule has 0 aliphatic carbocycles. The van der Waals surface area contributed by atoms with Crippen molar-refractivity contribution in [3.05, 3.63) is 5.56 Å². The number of aromatic nitrogens is 1. The van der Waals surface area contributed by atoms with Gasteiger partial charge in [-0.3, -0.25) is 4.79 Å². The zero-order valence-electron chi connectivity index (χ0n) is 11.8. The number of nitrogens with zero attached hydrogens (tertiary/aromatic N) is 2. The number of nitrogen functional groups attached to an aromatic ring is 1. The van der Waals surface area contributed by atoms with Gasteiger partial charge >= 0.3 is 6.09 Å². The van der Waals surface area contributed by atoms with Crippen LogP contribution in [0.1, 0.15) is 30.1 Å². The molecule has 0 aromatic carbocycles. The van der Waals surface area contributed by atoms with Crippen LogP contribution in [0.15, 0.2) is 0 Å². The third kappa shape index (κ3) is 3.54. The van der Waals surface area contributed by atoms with E-state index >= 15 is 0 Å². The van der Waals surface area contributed by atoms with Gasteiger partial charge in [0.1, 0.15) is 10.6 Å². The first-order chi connectivity index (χ1) is 10.0. The molecule has 116 valence electrons. The van der Waals surface area contributed by atoms with Gasteiger partial charge in [-0.05, 0) is 31.3 Å². The molecule has 0 unspecified atom stereocenters. The molecule has 1 saturated heterocycles. The van der Waals surface area contributed by atoms with Crippen LogP contribution in [0, 0.1) is 0 Å². The largest absolute Gasteiger partial charge is 0.450 e. The summed E-state index contributed by atoms with van der Waals surface area (Å²) in [7, 11) is 0. The highest BCUT2D eigenvalue weighted by atomic mass is 32.1. The lowest BCUT2D eigenvalue weighted by molar-refractivity contribution is 0.0983. The second-order valence-corrected chi connectivity index (χ2v) is 5.51. The van der Waals surface area contributed by atoms with Gasteiger partial charge in [0.05, 0.1) is 6.61 Å². The van der Waals surface area contributed by atoms with Gasteiger partial charge in [0.2, 0.25) is 0 Å². The minimum Gasteiger partial charge on any atom is -0.450 e. The highest BCUT2D eigenvalue weighted by molar-refractivity contribution is 7.11. The van der Waals surface area contributed by atoms with Crippen LogP contribution in [-0.4, -0.2) is 47.0 Å². The Balaban J connectivity index is 1.92. The Hall–Kier alpha value is -2.03. The molecule has 1 aromatic rings. The molecule has 8 nitrogen and oxygen atoms in total. The number of likely N-dealkylation sites (tertiary alicyclic amines) is 1. The molecule has 2 rings (SSSR count). The van der Waals surface area contributed by atoms with Gasteiger partial charge in [-0.15, -0.1) is 0 Å². The zero-order valence-corrected chi connectivity index (χ0v) is 12.6. The molecule has 21 heavy (non-hydrogen) atoms. The third-order valence-corrected chi connectivity index (χ3v) is 4.11. The number of anilines is 2. The van der Waals surface area contributed by atoms with E-state index in [1.165, 1.54) is 0 Å². The molecule has 0 bridgehead atoms. The first-order valence-corrected chi connectivity index (χ1v) is 7.53. The van der Waals surface area contributed by atoms with Crippen LogP contribution in [0.2, 0.25) is 0 Å². The predicted octanol–water partition coefficient (Wildman–Crippen LogP) is 0.857. The van der Waals surface area contributed by atoms with E-state index in [1.54, 1.807) is 11.8 Å². The summed E-state index contributed by atoms with van der Waals surface area (Å²) in [6, 6.07) is 0.147. The molecule has 1 aromatic heterocycles. The summed E-state index contributed by atoms with van der Waals surface area (Å²) in [6.45, 7) is 3.37. The van der Waals surface area contributed by atoms with E-state index in [0.29, 0.717) is 24.7 Å². The molecule has 0 radical (unpaired) electrons. The summed E-state index contributed by atoms with van der Waals surface area (Å²) in [6.07, 6.45) is 1.24. The average Bonchev–Trinajstić information content (AvgIpc) is 2.81. The van der Waals surface area contributed by atoms with Crippen molar-refractivity contribution < 1.29 is 14.3 Å². The molecule has 9 heteroatoms. The van der Waals surface area contributed by atoms with Gasteiger partial charge in [0.25, 0.3) is 5.91 Å². The fraction of sp³-hybridized carbons (Fsp3) is 0.583. The molecule has 1 aliphatic rings. The summed E-state index contributed by atoms with van der Waals surface area (Å²) in [5.74, 6) is -0.438. The fourth-order valence-electron chi connectivity index (χ4n) is 2.25. The van der Waals surface area contributed by atoms with Gasteiger partial charge in [-0.2, -0.15) is 4.37 Å². The maximum absolute atomic E-state index is 11.6. The molecule has 0 atom stereocenters.